The SMILES string of the molecule is C=C(CO)c1cc2c(cc1F)c(=O)c(C(=O)O)cn2C1CC1. The van der Waals surface area contributed by atoms with Crippen molar-refractivity contribution in [2.75, 3.05) is 6.61 Å². The molecule has 5 nitrogen and oxygen atoms in total. The van der Waals surface area contributed by atoms with Crippen LogP contribution in [0.5, 0.6) is 0 Å². The number of fused-ring (bicyclic) bond motifs is 1. The molecule has 1 fully saturated rings. The third-order valence-electron chi connectivity index (χ3n) is 3.86. The van der Waals surface area contributed by atoms with Gasteiger partial charge in [-0.2, -0.15) is 0 Å². The summed E-state index contributed by atoms with van der Waals surface area (Å²) < 4.78 is 15.9. The normalized spacial score (nSPS) is 14.3. The lowest BCUT2D eigenvalue weighted by Crippen LogP contribution is -2.19. The van der Waals surface area contributed by atoms with Gasteiger partial charge >= 0.3 is 5.97 Å². The number of carboxylic acid groups (broad SMARTS) is 1. The Morgan fingerprint density at radius 2 is 2.05 bits per heavy atom. The number of aliphatic hydroxyl groups is 1. The van der Waals surface area contributed by atoms with Crippen LogP contribution in [-0.4, -0.2) is 27.4 Å². The van der Waals surface area contributed by atoms with Crippen LogP contribution in [0, 0.1) is 5.82 Å². The van der Waals surface area contributed by atoms with E-state index in [1.165, 1.54) is 12.3 Å². The number of nitrogens with zero attached hydrogens (tertiary/aromatic N) is 1. The molecule has 0 atom stereocenters. The molecule has 114 valence electrons. The number of rotatable bonds is 4. The van der Waals surface area contributed by atoms with Gasteiger partial charge in [0.25, 0.3) is 0 Å². The minimum absolute atomic E-state index is 0.0267. The van der Waals surface area contributed by atoms with E-state index >= 15 is 0 Å². The van der Waals surface area contributed by atoms with Gasteiger partial charge in [-0.25, -0.2) is 9.18 Å². The van der Waals surface area contributed by atoms with E-state index in [0.717, 1.165) is 18.9 Å². The molecule has 0 aliphatic heterocycles. The number of benzene rings is 1. The first-order valence-electron chi connectivity index (χ1n) is 6.84. The molecule has 6 heteroatoms. The standard InChI is InChI=1S/C16H14FNO4/c1-8(7-19)10-5-14-11(4-13(10)17)15(20)12(16(21)22)6-18(14)9-2-3-9/h4-6,9,19H,1-3,7H2,(H,21,22). The van der Waals surface area contributed by atoms with Crippen molar-refractivity contribution in [2.24, 2.45) is 0 Å². The number of carbonyl (C=O) groups is 1. The first-order valence-corrected chi connectivity index (χ1v) is 6.84. The second-order valence-electron chi connectivity index (χ2n) is 5.43. The second-order valence-corrected chi connectivity index (χ2v) is 5.43. The van der Waals surface area contributed by atoms with Gasteiger partial charge in [-0.05, 0) is 30.5 Å². The molecule has 0 amide bonds. The highest BCUT2D eigenvalue weighted by Gasteiger charge is 2.27. The molecule has 0 unspecified atom stereocenters. The van der Waals surface area contributed by atoms with E-state index in [-0.39, 0.29) is 28.1 Å². The first kappa shape index (κ1) is 14.5. The third kappa shape index (κ3) is 2.21. The summed E-state index contributed by atoms with van der Waals surface area (Å²) >= 11 is 0. The Bertz CT molecular complexity index is 865. The van der Waals surface area contributed by atoms with Gasteiger partial charge in [-0.3, -0.25) is 4.79 Å². The molecular formula is C16H14FNO4. The van der Waals surface area contributed by atoms with Crippen LogP contribution in [0.15, 0.2) is 29.7 Å². The Hall–Kier alpha value is -2.47. The fraction of sp³-hybridized carbons (Fsp3) is 0.250. The fourth-order valence-electron chi connectivity index (χ4n) is 2.53. The van der Waals surface area contributed by atoms with Crippen molar-refractivity contribution in [1.82, 2.24) is 4.57 Å². The second kappa shape index (κ2) is 5.06. The van der Waals surface area contributed by atoms with Gasteiger partial charge in [0.2, 0.25) is 5.43 Å². The molecular weight excluding hydrogens is 289 g/mol. The van der Waals surface area contributed by atoms with Crippen molar-refractivity contribution in [3.63, 3.8) is 0 Å². The summed E-state index contributed by atoms with van der Waals surface area (Å²) in [4.78, 5) is 23.4. The topological polar surface area (TPSA) is 79.5 Å². The number of hydrogen-bond donors (Lipinski definition) is 2. The zero-order valence-electron chi connectivity index (χ0n) is 11.7. The molecule has 2 aromatic rings. The summed E-state index contributed by atoms with van der Waals surface area (Å²) in [6.45, 7) is 3.20. The van der Waals surface area contributed by atoms with Gasteiger partial charge < -0.3 is 14.8 Å². The summed E-state index contributed by atoms with van der Waals surface area (Å²) in [5.41, 5.74) is -0.279. The third-order valence-corrected chi connectivity index (χ3v) is 3.86. The average molecular weight is 303 g/mol. The largest absolute Gasteiger partial charge is 0.477 e. The predicted octanol–water partition coefficient (Wildman–Crippen LogP) is 2.18. The summed E-state index contributed by atoms with van der Waals surface area (Å²) in [6.07, 6.45) is 3.07. The van der Waals surface area contributed by atoms with Gasteiger partial charge in [0, 0.05) is 23.2 Å². The zero-order valence-corrected chi connectivity index (χ0v) is 11.7. The van der Waals surface area contributed by atoms with Gasteiger partial charge in [0.15, 0.2) is 0 Å². The molecule has 1 aliphatic rings. The van der Waals surface area contributed by atoms with Crippen molar-refractivity contribution in [2.45, 2.75) is 18.9 Å². The van der Waals surface area contributed by atoms with Crippen LogP contribution in [-0.2, 0) is 0 Å². The van der Waals surface area contributed by atoms with E-state index in [0.29, 0.717) is 5.52 Å². The van der Waals surface area contributed by atoms with Crippen LogP contribution in [0.3, 0.4) is 0 Å². The fourth-order valence-corrected chi connectivity index (χ4v) is 2.53. The summed E-state index contributed by atoms with van der Waals surface area (Å²) in [5, 5.41) is 18.3. The maximum atomic E-state index is 14.2. The highest BCUT2D eigenvalue weighted by atomic mass is 19.1. The molecule has 3 rings (SSSR count). The Morgan fingerprint density at radius 3 is 2.59 bits per heavy atom. The lowest BCUT2D eigenvalue weighted by molar-refractivity contribution is 0.0695. The zero-order chi connectivity index (χ0) is 16.0. The van der Waals surface area contributed by atoms with Gasteiger partial charge in [0.05, 0.1) is 12.1 Å². The van der Waals surface area contributed by atoms with Crippen molar-refractivity contribution in [1.29, 1.82) is 0 Å². The molecule has 1 aromatic heterocycles. The lowest BCUT2D eigenvalue weighted by atomic mass is 10.0. The van der Waals surface area contributed by atoms with E-state index in [9.17, 15) is 14.0 Å². The van der Waals surface area contributed by atoms with E-state index in [4.69, 9.17) is 10.2 Å². The quantitative estimate of drug-likeness (QED) is 0.907. The Balaban J connectivity index is 2.39. The summed E-state index contributed by atoms with van der Waals surface area (Å²) in [6, 6.07) is 2.59. The van der Waals surface area contributed by atoms with E-state index in [2.05, 4.69) is 6.58 Å². The molecule has 0 saturated heterocycles. The summed E-state index contributed by atoms with van der Waals surface area (Å²) in [5.74, 6) is -2.03. The van der Waals surface area contributed by atoms with Crippen LogP contribution >= 0.6 is 0 Å². The van der Waals surface area contributed by atoms with E-state index in [1.807, 2.05) is 0 Å². The smallest absolute Gasteiger partial charge is 0.341 e. The van der Waals surface area contributed by atoms with Crippen LogP contribution in [0.25, 0.3) is 16.5 Å². The molecule has 22 heavy (non-hydrogen) atoms. The number of pyridine rings is 1. The van der Waals surface area contributed by atoms with Crippen LogP contribution in [0.4, 0.5) is 4.39 Å². The number of aromatic carboxylic acids is 1. The number of halogens is 1. The van der Waals surface area contributed by atoms with Crippen molar-refractivity contribution >= 4 is 22.4 Å². The minimum atomic E-state index is -1.33. The maximum Gasteiger partial charge on any atom is 0.341 e. The minimum Gasteiger partial charge on any atom is -0.477 e. The Labute approximate surface area is 124 Å². The number of carboxylic acids is 1. The van der Waals surface area contributed by atoms with Crippen molar-refractivity contribution in [3.8, 4) is 0 Å². The molecule has 1 saturated carbocycles. The number of hydrogen-bond acceptors (Lipinski definition) is 3. The van der Waals surface area contributed by atoms with Crippen molar-refractivity contribution in [3.05, 3.63) is 52.1 Å². The average Bonchev–Trinajstić information content (AvgIpc) is 3.31. The number of aliphatic hydroxyl groups excluding tert-OH is 1. The van der Waals surface area contributed by atoms with Gasteiger partial charge in [-0.15, -0.1) is 0 Å². The molecule has 0 spiro atoms. The van der Waals surface area contributed by atoms with Crippen LogP contribution in [0.1, 0.15) is 34.8 Å². The Morgan fingerprint density at radius 1 is 1.36 bits per heavy atom. The molecule has 0 bridgehead atoms. The molecule has 1 aliphatic carbocycles. The molecule has 1 heterocycles. The van der Waals surface area contributed by atoms with Crippen molar-refractivity contribution < 1.29 is 19.4 Å². The van der Waals surface area contributed by atoms with Gasteiger partial charge in [-0.1, -0.05) is 6.58 Å². The van der Waals surface area contributed by atoms with E-state index in [1.54, 1.807) is 4.57 Å². The summed E-state index contributed by atoms with van der Waals surface area (Å²) in [7, 11) is 0. The molecule has 2 N–H and O–H groups in total. The molecule has 0 radical (unpaired) electrons. The number of aromatic nitrogens is 1. The highest BCUT2D eigenvalue weighted by Crippen LogP contribution is 2.37. The monoisotopic (exact) mass is 303 g/mol. The first-order chi connectivity index (χ1) is 10.4. The maximum absolute atomic E-state index is 14.2. The predicted molar refractivity (Wildman–Crippen MR) is 79.5 cm³/mol. The van der Waals surface area contributed by atoms with E-state index < -0.39 is 23.8 Å². The van der Waals surface area contributed by atoms with Crippen LogP contribution in [0.2, 0.25) is 0 Å². The van der Waals surface area contributed by atoms with Crippen LogP contribution < -0.4 is 5.43 Å². The Kier molecular flexibility index (Phi) is 3.33. The van der Waals surface area contributed by atoms with Gasteiger partial charge in [0.1, 0.15) is 11.4 Å². The molecule has 1 aromatic carbocycles. The lowest BCUT2D eigenvalue weighted by Gasteiger charge is -2.14. The highest BCUT2D eigenvalue weighted by molar-refractivity contribution is 5.93.